The maximum absolute atomic E-state index is 13.5. The van der Waals surface area contributed by atoms with Crippen molar-refractivity contribution in [3.63, 3.8) is 0 Å². The molecule has 0 aliphatic carbocycles. The average Bonchev–Trinajstić information content (AvgIpc) is 2.97. The molecule has 0 unspecified atom stereocenters. The Balaban J connectivity index is 2.98. The second-order valence-corrected chi connectivity index (χ2v) is 6.95. The fourth-order valence-electron chi connectivity index (χ4n) is 2.54. The van der Waals surface area contributed by atoms with Crippen LogP contribution in [0.25, 0.3) is 0 Å². The van der Waals surface area contributed by atoms with Crippen molar-refractivity contribution in [1.82, 2.24) is 9.80 Å². The van der Waals surface area contributed by atoms with Crippen LogP contribution in [-0.2, 0) is 0 Å². The molecule has 0 N–H and O–H groups in total. The number of nitrogens with zero attached hydrogens (tertiary/aromatic N) is 2. The summed E-state index contributed by atoms with van der Waals surface area (Å²) in [4.78, 5) is -0.396. The Kier molecular flexibility index (Phi) is 7.30. The first-order valence-corrected chi connectivity index (χ1v) is 8.01. The summed E-state index contributed by atoms with van der Waals surface area (Å²) < 4.78 is 230. The smallest absolute Gasteiger partial charge is 0.283 e. The molecular weight excluding hydrogens is 526 g/mol. The van der Waals surface area contributed by atoms with Crippen LogP contribution in [0.15, 0.2) is 0 Å². The van der Waals surface area contributed by atoms with Gasteiger partial charge in [-0.3, -0.25) is 9.80 Å². The fourth-order valence-corrected chi connectivity index (χ4v) is 2.54. The monoisotopic (exact) mass is 536 g/mol. The normalized spacial score (nSPS) is 19.5. The molecule has 0 aromatic rings. The zero-order chi connectivity index (χ0) is 26.7. The first kappa shape index (κ1) is 29.7. The molecule has 0 radical (unpaired) electrons. The van der Waals surface area contributed by atoms with Crippen LogP contribution in [0.1, 0.15) is 0 Å². The molecule has 2 nitrogen and oxygen atoms in total. The van der Waals surface area contributed by atoms with Crippen LogP contribution in [0.5, 0.6) is 0 Å². The second-order valence-electron chi connectivity index (χ2n) is 6.95. The van der Waals surface area contributed by atoms with Gasteiger partial charge in [0.25, 0.3) is 0 Å². The van der Waals surface area contributed by atoms with E-state index in [1.807, 2.05) is 0 Å². The molecule has 1 saturated heterocycles. The lowest BCUT2D eigenvalue weighted by Gasteiger charge is -2.36. The van der Waals surface area contributed by atoms with Crippen molar-refractivity contribution in [3.8, 4) is 0 Å². The summed E-state index contributed by atoms with van der Waals surface area (Å²) in [7, 11) is 0. The van der Waals surface area contributed by atoms with Gasteiger partial charge < -0.3 is 0 Å². The molecule has 0 aromatic heterocycles. The molecule has 20 heteroatoms. The number of hydrogen-bond acceptors (Lipinski definition) is 2. The molecule has 1 fully saturated rings. The third-order valence-corrected chi connectivity index (χ3v) is 4.40. The Hall–Kier alpha value is -1.34. The molecule has 0 spiro atoms. The summed E-state index contributed by atoms with van der Waals surface area (Å²) in [5.41, 5.74) is 0. The molecule has 33 heavy (non-hydrogen) atoms. The summed E-state index contributed by atoms with van der Waals surface area (Å²) in [5, 5.41) is 0. The molecule has 0 atom stereocenters. The zero-order valence-corrected chi connectivity index (χ0v) is 15.2. The maximum atomic E-state index is 13.5. The molecule has 0 bridgehead atoms. The second kappa shape index (κ2) is 8.11. The lowest BCUT2D eigenvalue weighted by atomic mass is 10.0. The molecule has 1 heterocycles. The largest absolute Gasteiger partial charge is 0.460 e. The number of rotatable bonds is 8. The lowest BCUT2D eigenvalue weighted by molar-refractivity contribution is -0.397. The Bertz CT molecular complexity index is 634. The minimum atomic E-state index is -7.26. The Labute approximate surface area is 171 Å². The molecule has 0 saturated carbocycles. The van der Waals surface area contributed by atoms with Crippen LogP contribution in [-0.4, -0.2) is 90.5 Å². The van der Waals surface area contributed by atoms with Crippen LogP contribution in [0.3, 0.4) is 0 Å². The van der Waals surface area contributed by atoms with E-state index in [0.29, 0.717) is 0 Å². The van der Waals surface area contributed by atoms with E-state index in [0.717, 1.165) is 0 Å². The summed E-state index contributed by atoms with van der Waals surface area (Å²) in [6, 6.07) is 0. The number of alkyl halides is 18. The van der Waals surface area contributed by atoms with E-state index in [1.165, 1.54) is 0 Å². The first-order valence-electron chi connectivity index (χ1n) is 8.01. The standard InChI is InChI=1S/C13H10F18N2/c14-6(15,8(18,19)10(22,23)12(26,27)28)3-32-1-2-33(5-32)4-7(16,17)9(20,21)11(24,25)13(29,30)31/h1-5H2. The van der Waals surface area contributed by atoms with Gasteiger partial charge in [0.2, 0.25) is 0 Å². The van der Waals surface area contributed by atoms with Crippen LogP contribution in [0, 0.1) is 0 Å². The van der Waals surface area contributed by atoms with E-state index in [4.69, 9.17) is 0 Å². The van der Waals surface area contributed by atoms with E-state index in [9.17, 15) is 79.0 Å². The Morgan fingerprint density at radius 2 is 0.636 bits per heavy atom. The van der Waals surface area contributed by atoms with Gasteiger partial charge in [0, 0.05) is 13.1 Å². The predicted molar refractivity (Wildman–Crippen MR) is 69.8 cm³/mol. The minimum absolute atomic E-state index is 0.198. The van der Waals surface area contributed by atoms with E-state index in [-0.39, 0.29) is 9.80 Å². The van der Waals surface area contributed by atoms with Crippen molar-refractivity contribution in [2.45, 2.75) is 47.9 Å². The van der Waals surface area contributed by atoms with E-state index < -0.39 is 80.7 Å². The van der Waals surface area contributed by atoms with Crippen molar-refractivity contribution in [2.75, 3.05) is 32.8 Å². The van der Waals surface area contributed by atoms with E-state index in [2.05, 4.69) is 0 Å². The summed E-state index contributed by atoms with van der Waals surface area (Å²) in [6.07, 6.45) is -14.3. The molecule has 198 valence electrons. The molecule has 1 aliphatic heterocycles. The van der Waals surface area contributed by atoms with Gasteiger partial charge in [-0.1, -0.05) is 0 Å². The van der Waals surface area contributed by atoms with Crippen molar-refractivity contribution < 1.29 is 79.0 Å². The lowest BCUT2D eigenvalue weighted by Crippen LogP contribution is -2.64. The maximum Gasteiger partial charge on any atom is 0.460 e. The van der Waals surface area contributed by atoms with Gasteiger partial charge in [0.05, 0.1) is 19.8 Å². The Morgan fingerprint density at radius 3 is 0.848 bits per heavy atom. The summed E-state index contributed by atoms with van der Waals surface area (Å²) in [5.74, 6) is -41.0. The molecule has 1 rings (SSSR count). The highest BCUT2D eigenvalue weighted by Gasteiger charge is 2.83. The van der Waals surface area contributed by atoms with Gasteiger partial charge in [-0.05, 0) is 0 Å². The highest BCUT2D eigenvalue weighted by Crippen LogP contribution is 2.54. The number of halogens is 18. The van der Waals surface area contributed by atoms with Gasteiger partial charge >= 0.3 is 47.9 Å². The highest BCUT2D eigenvalue weighted by molar-refractivity contribution is 5.03. The average molecular weight is 536 g/mol. The molecular formula is C13H10F18N2. The zero-order valence-electron chi connectivity index (χ0n) is 15.2. The number of hydrogen-bond donors (Lipinski definition) is 0. The topological polar surface area (TPSA) is 6.48 Å². The molecule has 1 aliphatic rings. The minimum Gasteiger partial charge on any atom is -0.283 e. The van der Waals surface area contributed by atoms with Gasteiger partial charge in [-0.25, -0.2) is 0 Å². The van der Waals surface area contributed by atoms with E-state index in [1.54, 1.807) is 0 Å². The third kappa shape index (κ3) is 4.90. The van der Waals surface area contributed by atoms with Crippen molar-refractivity contribution in [1.29, 1.82) is 0 Å². The molecule has 0 amide bonds. The SMILES string of the molecule is FC(F)(F)C(F)(F)C(F)(F)C(F)(F)CN1CCN(CC(F)(F)C(F)(F)C(F)(F)C(F)(F)F)C1. The van der Waals surface area contributed by atoms with Crippen LogP contribution in [0.4, 0.5) is 79.0 Å². The first-order chi connectivity index (χ1) is 14.2. The highest BCUT2D eigenvalue weighted by atomic mass is 19.4. The van der Waals surface area contributed by atoms with Gasteiger partial charge in [0.1, 0.15) is 0 Å². The summed E-state index contributed by atoms with van der Waals surface area (Å²) >= 11 is 0. The van der Waals surface area contributed by atoms with Gasteiger partial charge in [0.15, 0.2) is 0 Å². The van der Waals surface area contributed by atoms with E-state index >= 15 is 0 Å². The van der Waals surface area contributed by atoms with Crippen molar-refractivity contribution >= 4 is 0 Å². The van der Waals surface area contributed by atoms with Crippen molar-refractivity contribution in [3.05, 3.63) is 0 Å². The Morgan fingerprint density at radius 1 is 0.394 bits per heavy atom. The predicted octanol–water partition coefficient (Wildman–Crippen LogP) is 5.50. The fraction of sp³-hybridized carbons (Fsp3) is 1.00. The summed E-state index contributed by atoms with van der Waals surface area (Å²) in [6.45, 7) is -9.18. The van der Waals surface area contributed by atoms with Gasteiger partial charge in [-0.2, -0.15) is 79.0 Å². The molecule has 0 aromatic carbocycles. The van der Waals surface area contributed by atoms with Crippen LogP contribution >= 0.6 is 0 Å². The third-order valence-electron chi connectivity index (χ3n) is 4.40. The van der Waals surface area contributed by atoms with Crippen LogP contribution in [0.2, 0.25) is 0 Å². The van der Waals surface area contributed by atoms with Crippen LogP contribution < -0.4 is 0 Å². The van der Waals surface area contributed by atoms with Crippen molar-refractivity contribution in [2.24, 2.45) is 0 Å². The van der Waals surface area contributed by atoms with Gasteiger partial charge in [-0.15, -0.1) is 0 Å². The quantitative estimate of drug-likeness (QED) is 0.379.